The molecule has 0 amide bonds. The smallest absolute Gasteiger partial charge is 0.308 e. The van der Waals surface area contributed by atoms with Crippen molar-refractivity contribution < 1.29 is 28.6 Å². The van der Waals surface area contributed by atoms with Gasteiger partial charge in [-0.15, -0.1) is 11.3 Å². The van der Waals surface area contributed by atoms with E-state index in [1.165, 1.54) is 25.4 Å². The third-order valence-corrected chi connectivity index (χ3v) is 5.64. The third-order valence-electron chi connectivity index (χ3n) is 4.73. The van der Waals surface area contributed by atoms with Gasteiger partial charge in [0.15, 0.2) is 5.78 Å². The van der Waals surface area contributed by atoms with E-state index in [1.807, 2.05) is 41.8 Å². The molecule has 1 aromatic heterocycles. The summed E-state index contributed by atoms with van der Waals surface area (Å²) >= 11 is 1.40. The first-order valence-electron chi connectivity index (χ1n) is 10.4. The van der Waals surface area contributed by atoms with E-state index in [2.05, 4.69) is 0 Å². The van der Waals surface area contributed by atoms with Gasteiger partial charge in [0.25, 0.3) is 0 Å². The van der Waals surface area contributed by atoms with Crippen molar-refractivity contribution in [3.63, 3.8) is 0 Å². The Morgan fingerprint density at radius 1 is 0.889 bits per heavy atom. The quantitative estimate of drug-likeness (QED) is 0.111. The van der Waals surface area contributed by atoms with Gasteiger partial charge in [-0.1, -0.05) is 66.1 Å². The lowest BCUT2D eigenvalue weighted by molar-refractivity contribution is -0.153. The van der Waals surface area contributed by atoms with Crippen LogP contribution in [0, 0.1) is 0 Å². The Morgan fingerprint density at radius 2 is 1.56 bits per heavy atom. The van der Waals surface area contributed by atoms with Crippen LogP contribution >= 0.6 is 11.3 Å². The first-order valence-corrected chi connectivity index (χ1v) is 11.3. The van der Waals surface area contributed by atoms with Crippen molar-refractivity contribution in [2.75, 3.05) is 13.7 Å². The lowest BCUT2D eigenvalue weighted by Crippen LogP contribution is -2.26. The number of methoxy groups -OCH3 is 1. The highest BCUT2D eigenvalue weighted by Gasteiger charge is 2.21. The third kappa shape index (κ3) is 16.4. The van der Waals surface area contributed by atoms with Crippen LogP contribution in [0.1, 0.15) is 84.0 Å². The molecule has 0 aliphatic rings. The van der Waals surface area contributed by atoms with Gasteiger partial charge in [-0.05, 0) is 30.4 Å². The number of benzene rings is 1. The summed E-state index contributed by atoms with van der Waals surface area (Å²) in [7, 11) is 1.51. The Labute approximate surface area is 225 Å². The molecular formula is C28H46BO6S. The predicted molar refractivity (Wildman–Crippen MR) is 152 cm³/mol. The second-order valence-electron chi connectivity index (χ2n) is 7.35. The van der Waals surface area contributed by atoms with E-state index >= 15 is 0 Å². The van der Waals surface area contributed by atoms with Gasteiger partial charge in [0.1, 0.15) is 11.9 Å². The summed E-state index contributed by atoms with van der Waals surface area (Å²) in [6.07, 6.45) is 0.403. The molecule has 1 heterocycles. The number of carbonyl (C=O) groups is 3. The minimum atomic E-state index is -0.536. The largest absolute Gasteiger partial charge is 0.462 e. The second kappa shape index (κ2) is 23.1. The summed E-state index contributed by atoms with van der Waals surface area (Å²) in [6, 6.07) is 13.4. The van der Waals surface area contributed by atoms with Crippen LogP contribution in [0.4, 0.5) is 0 Å². The zero-order valence-electron chi connectivity index (χ0n) is 18.7. The number of hydrogen-bond acceptors (Lipinski definition) is 7. The summed E-state index contributed by atoms with van der Waals surface area (Å²) in [5.41, 5.74) is 1.06. The van der Waals surface area contributed by atoms with E-state index < -0.39 is 18.2 Å². The van der Waals surface area contributed by atoms with Gasteiger partial charge in [0.05, 0.1) is 30.6 Å². The number of hydrogen-bond donors (Lipinski definition) is 0. The molecule has 0 saturated carbocycles. The van der Waals surface area contributed by atoms with Crippen molar-refractivity contribution in [3.05, 3.63) is 58.3 Å². The molecule has 0 aliphatic carbocycles. The Kier molecular flexibility index (Phi) is 26.3. The van der Waals surface area contributed by atoms with Gasteiger partial charge in [-0.2, -0.15) is 0 Å². The fraction of sp³-hybridized carbons (Fsp3) is 0.536. The van der Waals surface area contributed by atoms with E-state index in [1.54, 1.807) is 6.07 Å². The molecule has 0 fully saturated rings. The average Bonchev–Trinajstić information content (AvgIpc) is 3.29. The number of esters is 1. The minimum absolute atomic E-state index is 0. The first-order chi connectivity index (χ1) is 15.0. The molecule has 0 bridgehead atoms. The Bertz CT molecular complexity index is 811. The summed E-state index contributed by atoms with van der Waals surface area (Å²) < 4.78 is 16.5. The van der Waals surface area contributed by atoms with E-state index in [9.17, 15) is 14.4 Å². The van der Waals surface area contributed by atoms with Crippen LogP contribution in [0.5, 0.6) is 0 Å². The van der Waals surface area contributed by atoms with Gasteiger partial charge >= 0.3 is 5.97 Å². The molecule has 3 radical (unpaired) electrons. The van der Waals surface area contributed by atoms with Crippen LogP contribution in [0.3, 0.4) is 0 Å². The molecule has 2 aromatic rings. The molecule has 6 nitrogen and oxygen atoms in total. The van der Waals surface area contributed by atoms with Crippen molar-refractivity contribution in [2.45, 2.75) is 87.5 Å². The highest BCUT2D eigenvalue weighted by atomic mass is 32.1. The standard InChI is InChI=1S/C24H30O6S.4CH4.B/c1-18(25)15-21(12-13-29-17-19-7-4-3-5-8-19)30-24(27)16-20(28-2)10-11-22(26)23-9-6-14-31-23;;;;;/h3-9,14,20-21H,10-13,15-17H2,1-2H3;4*1H4;. The highest BCUT2D eigenvalue weighted by molar-refractivity contribution is 7.12. The van der Waals surface area contributed by atoms with Crippen LogP contribution in [0.15, 0.2) is 47.8 Å². The molecule has 0 aliphatic heterocycles. The SMILES string of the molecule is C.C.C.C.COC(CCC(=O)c1cccs1)CC(=O)OC(CCOCc1ccccc1)CC(C)=O.[B]. The lowest BCUT2D eigenvalue weighted by atomic mass is 10.1. The zero-order valence-corrected chi connectivity index (χ0v) is 19.5. The average molecular weight is 522 g/mol. The van der Waals surface area contributed by atoms with Gasteiger partial charge in [0.2, 0.25) is 0 Å². The molecule has 36 heavy (non-hydrogen) atoms. The van der Waals surface area contributed by atoms with E-state index in [4.69, 9.17) is 14.2 Å². The lowest BCUT2D eigenvalue weighted by Gasteiger charge is -2.19. The normalized spacial score (nSPS) is 11.1. The van der Waals surface area contributed by atoms with Crippen LogP contribution in [0.25, 0.3) is 0 Å². The second-order valence-corrected chi connectivity index (χ2v) is 8.29. The maximum atomic E-state index is 12.4. The molecular weight excluding hydrogens is 475 g/mol. The molecule has 2 unspecified atom stereocenters. The summed E-state index contributed by atoms with van der Waals surface area (Å²) in [5, 5.41) is 1.86. The topological polar surface area (TPSA) is 78.9 Å². The summed E-state index contributed by atoms with van der Waals surface area (Å²) in [6.45, 7) is 2.31. The Morgan fingerprint density at radius 3 is 2.11 bits per heavy atom. The monoisotopic (exact) mass is 521 g/mol. The van der Waals surface area contributed by atoms with Crippen molar-refractivity contribution in [1.82, 2.24) is 0 Å². The van der Waals surface area contributed by atoms with Crippen LogP contribution < -0.4 is 0 Å². The molecule has 2 rings (SSSR count). The number of ether oxygens (including phenoxy) is 3. The molecule has 8 heteroatoms. The van der Waals surface area contributed by atoms with Gasteiger partial charge in [-0.25, -0.2) is 0 Å². The van der Waals surface area contributed by atoms with Crippen molar-refractivity contribution in [1.29, 1.82) is 0 Å². The predicted octanol–water partition coefficient (Wildman–Crippen LogP) is 6.78. The molecule has 2 atom stereocenters. The molecule has 0 saturated heterocycles. The van der Waals surface area contributed by atoms with Crippen LogP contribution in [0.2, 0.25) is 0 Å². The maximum Gasteiger partial charge on any atom is 0.308 e. The number of rotatable bonds is 15. The van der Waals surface area contributed by atoms with E-state index in [0.29, 0.717) is 37.4 Å². The summed E-state index contributed by atoms with van der Waals surface area (Å²) in [5.74, 6) is -0.453. The maximum absolute atomic E-state index is 12.4. The van der Waals surface area contributed by atoms with E-state index in [-0.39, 0.29) is 62.5 Å². The fourth-order valence-corrected chi connectivity index (χ4v) is 3.77. The fourth-order valence-electron chi connectivity index (χ4n) is 3.08. The Hall–Kier alpha value is -2.29. The zero-order chi connectivity index (χ0) is 22.5. The van der Waals surface area contributed by atoms with Gasteiger partial charge in [0, 0.05) is 34.8 Å². The molecule has 203 valence electrons. The van der Waals surface area contributed by atoms with E-state index in [0.717, 1.165) is 5.56 Å². The minimum Gasteiger partial charge on any atom is -0.462 e. The van der Waals surface area contributed by atoms with Crippen LogP contribution in [-0.4, -0.2) is 51.9 Å². The molecule has 0 N–H and O–H groups in total. The van der Waals surface area contributed by atoms with Gasteiger partial charge < -0.3 is 14.2 Å². The molecule has 1 aromatic carbocycles. The number of Topliss-reactive ketones (excluding diaryl/α,β-unsaturated/α-hetero) is 2. The number of ketones is 2. The van der Waals surface area contributed by atoms with Crippen molar-refractivity contribution in [2.24, 2.45) is 0 Å². The number of carbonyl (C=O) groups excluding carboxylic acids is 3. The van der Waals surface area contributed by atoms with Crippen molar-refractivity contribution in [3.8, 4) is 0 Å². The van der Waals surface area contributed by atoms with Crippen LogP contribution in [-0.2, 0) is 30.4 Å². The Balaban J connectivity index is -0.00000102. The highest BCUT2D eigenvalue weighted by Crippen LogP contribution is 2.16. The molecule has 0 spiro atoms. The van der Waals surface area contributed by atoms with Crippen molar-refractivity contribution >= 4 is 37.3 Å². The number of thiophene rings is 1. The van der Waals surface area contributed by atoms with Gasteiger partial charge in [-0.3, -0.25) is 14.4 Å². The first kappa shape index (κ1) is 40.9. The summed E-state index contributed by atoms with van der Waals surface area (Å²) in [4.78, 5) is 36.8.